The van der Waals surface area contributed by atoms with Crippen LogP contribution in [0, 0.1) is 19.8 Å². The monoisotopic (exact) mass is 441 g/mol. The van der Waals surface area contributed by atoms with Crippen LogP contribution in [0.4, 0.5) is 5.95 Å². The molecule has 2 aliphatic rings. The second-order valence-corrected chi connectivity index (χ2v) is 10.8. The van der Waals surface area contributed by atoms with Gasteiger partial charge >= 0.3 is 0 Å². The molecule has 1 amide bonds. The van der Waals surface area contributed by atoms with Crippen LogP contribution < -0.4 is 10.2 Å². The molecule has 4 heterocycles. The number of carbonyl (C=O) groups excluding carboxylic acids is 1. The number of carbonyl (C=O) groups is 1. The van der Waals surface area contributed by atoms with E-state index >= 15 is 0 Å². The Kier molecular flexibility index (Phi) is 6.92. The molecule has 168 valence electrons. The lowest BCUT2D eigenvalue weighted by molar-refractivity contribution is -0.125. The van der Waals surface area contributed by atoms with E-state index in [1.54, 1.807) is 0 Å². The predicted octanol–water partition coefficient (Wildman–Crippen LogP) is 3.89. The molecular weight excluding hydrogens is 406 g/mol. The van der Waals surface area contributed by atoms with Gasteiger partial charge in [-0.25, -0.2) is 9.97 Å². The van der Waals surface area contributed by atoms with Gasteiger partial charge in [0.05, 0.1) is 11.6 Å². The molecule has 1 N–H and O–H groups in total. The molecule has 0 aromatic carbocycles. The minimum Gasteiger partial charge on any atom is -0.354 e. The Morgan fingerprint density at radius 1 is 1.23 bits per heavy atom. The summed E-state index contributed by atoms with van der Waals surface area (Å²) in [6.07, 6.45) is 5.55. The number of hydrogen-bond donors (Lipinski definition) is 1. The van der Waals surface area contributed by atoms with Gasteiger partial charge in [0.15, 0.2) is 0 Å². The summed E-state index contributed by atoms with van der Waals surface area (Å²) < 4.78 is 0. The van der Waals surface area contributed by atoms with E-state index in [1.807, 2.05) is 37.4 Å². The maximum Gasteiger partial charge on any atom is 0.225 e. The number of likely N-dealkylation sites (tertiary alicyclic amines) is 1. The van der Waals surface area contributed by atoms with Gasteiger partial charge in [0.1, 0.15) is 0 Å². The summed E-state index contributed by atoms with van der Waals surface area (Å²) in [6.45, 7) is 13.0. The summed E-state index contributed by atoms with van der Waals surface area (Å²) in [4.78, 5) is 30.1. The fraction of sp³-hybridized carbons (Fsp3) is 0.625. The van der Waals surface area contributed by atoms with Gasteiger partial charge in [-0.3, -0.25) is 9.69 Å². The maximum absolute atomic E-state index is 13.1. The molecule has 4 rings (SSSR count). The summed E-state index contributed by atoms with van der Waals surface area (Å²) in [7, 11) is 0. The summed E-state index contributed by atoms with van der Waals surface area (Å²) >= 11 is 1.85. The topological polar surface area (TPSA) is 61.4 Å². The molecule has 2 aliphatic heterocycles. The molecule has 0 unspecified atom stereocenters. The average Bonchev–Trinajstić information content (AvgIpc) is 3.31. The Morgan fingerprint density at radius 3 is 2.68 bits per heavy atom. The van der Waals surface area contributed by atoms with Gasteiger partial charge in [0.25, 0.3) is 0 Å². The number of amides is 1. The van der Waals surface area contributed by atoms with Crippen molar-refractivity contribution in [2.24, 2.45) is 5.92 Å². The van der Waals surface area contributed by atoms with Crippen LogP contribution in [-0.4, -0.2) is 53.0 Å². The second kappa shape index (κ2) is 9.65. The van der Waals surface area contributed by atoms with Crippen LogP contribution in [0.3, 0.4) is 0 Å². The molecule has 6 nitrogen and oxygen atoms in total. The van der Waals surface area contributed by atoms with Gasteiger partial charge in [-0.05, 0) is 64.7 Å². The van der Waals surface area contributed by atoms with E-state index in [-0.39, 0.29) is 23.8 Å². The SMILES string of the molecule is Cc1cc(CN2C[C@@H](C(=O)NC(C)C)[C@H](c3ccnc(N4CCCCC4)n3)C2)c(C)s1. The van der Waals surface area contributed by atoms with Crippen molar-refractivity contribution in [3.63, 3.8) is 0 Å². The quantitative estimate of drug-likeness (QED) is 0.737. The van der Waals surface area contributed by atoms with Crippen LogP contribution in [-0.2, 0) is 11.3 Å². The van der Waals surface area contributed by atoms with Crippen LogP contribution in [0.15, 0.2) is 18.3 Å². The first kappa shape index (κ1) is 22.2. The molecule has 2 aromatic heterocycles. The summed E-state index contributed by atoms with van der Waals surface area (Å²) in [5, 5.41) is 3.14. The van der Waals surface area contributed by atoms with Crippen molar-refractivity contribution in [1.29, 1.82) is 0 Å². The molecule has 0 aliphatic carbocycles. The minimum absolute atomic E-state index is 0.0883. The normalized spacial score (nSPS) is 22.3. The Morgan fingerprint density at radius 2 is 2.00 bits per heavy atom. The minimum atomic E-state index is -0.0912. The highest BCUT2D eigenvalue weighted by Gasteiger charge is 2.39. The van der Waals surface area contributed by atoms with Crippen molar-refractivity contribution in [3.8, 4) is 0 Å². The first-order valence-electron chi connectivity index (χ1n) is 11.6. The highest BCUT2D eigenvalue weighted by atomic mass is 32.1. The van der Waals surface area contributed by atoms with E-state index in [2.05, 4.69) is 40.0 Å². The van der Waals surface area contributed by atoms with Crippen LogP contribution in [0.1, 0.15) is 60.0 Å². The summed E-state index contributed by atoms with van der Waals surface area (Å²) in [5.41, 5.74) is 2.38. The predicted molar refractivity (Wildman–Crippen MR) is 127 cm³/mol. The van der Waals surface area contributed by atoms with Crippen molar-refractivity contribution in [1.82, 2.24) is 20.2 Å². The Balaban J connectivity index is 1.56. The van der Waals surface area contributed by atoms with Gasteiger partial charge in [-0.15, -0.1) is 11.3 Å². The molecule has 2 fully saturated rings. The van der Waals surface area contributed by atoms with Gasteiger partial charge in [-0.1, -0.05) is 0 Å². The summed E-state index contributed by atoms with van der Waals surface area (Å²) in [5.74, 6) is 0.957. The van der Waals surface area contributed by atoms with Crippen LogP contribution in [0.5, 0.6) is 0 Å². The number of piperidine rings is 1. The lowest BCUT2D eigenvalue weighted by Crippen LogP contribution is -2.38. The van der Waals surface area contributed by atoms with E-state index in [4.69, 9.17) is 4.98 Å². The first-order chi connectivity index (χ1) is 14.9. The van der Waals surface area contributed by atoms with E-state index in [0.29, 0.717) is 0 Å². The Bertz CT molecular complexity index is 905. The van der Waals surface area contributed by atoms with Crippen molar-refractivity contribution in [2.75, 3.05) is 31.1 Å². The van der Waals surface area contributed by atoms with Crippen LogP contribution in [0.25, 0.3) is 0 Å². The number of anilines is 1. The number of thiophene rings is 1. The first-order valence-corrected chi connectivity index (χ1v) is 12.4. The zero-order chi connectivity index (χ0) is 22.0. The van der Waals surface area contributed by atoms with E-state index in [1.165, 1.54) is 34.6 Å². The molecule has 0 radical (unpaired) electrons. The third-order valence-electron chi connectivity index (χ3n) is 6.38. The third-order valence-corrected chi connectivity index (χ3v) is 7.39. The van der Waals surface area contributed by atoms with Crippen LogP contribution in [0.2, 0.25) is 0 Å². The lowest BCUT2D eigenvalue weighted by Gasteiger charge is -2.27. The number of aromatic nitrogens is 2. The van der Waals surface area contributed by atoms with Crippen molar-refractivity contribution >= 4 is 23.2 Å². The van der Waals surface area contributed by atoms with Crippen molar-refractivity contribution < 1.29 is 4.79 Å². The Hall–Kier alpha value is -1.99. The zero-order valence-corrected chi connectivity index (χ0v) is 20.0. The van der Waals surface area contributed by atoms with Crippen molar-refractivity contribution in [3.05, 3.63) is 39.3 Å². The number of nitrogens with zero attached hydrogens (tertiary/aromatic N) is 4. The smallest absolute Gasteiger partial charge is 0.225 e. The fourth-order valence-electron chi connectivity index (χ4n) is 4.87. The number of aryl methyl sites for hydroxylation is 2. The molecule has 0 saturated carbocycles. The van der Waals surface area contributed by atoms with E-state index < -0.39 is 0 Å². The molecule has 31 heavy (non-hydrogen) atoms. The second-order valence-electron chi connectivity index (χ2n) is 9.34. The Labute approximate surface area is 190 Å². The highest BCUT2D eigenvalue weighted by Crippen LogP contribution is 2.34. The molecule has 2 saturated heterocycles. The lowest BCUT2D eigenvalue weighted by atomic mass is 9.91. The van der Waals surface area contributed by atoms with Crippen LogP contribution >= 0.6 is 11.3 Å². The fourth-order valence-corrected chi connectivity index (χ4v) is 5.81. The third kappa shape index (κ3) is 5.26. The van der Waals surface area contributed by atoms with Gasteiger partial charge in [0.2, 0.25) is 11.9 Å². The molecule has 2 atom stereocenters. The molecule has 2 aromatic rings. The molecule has 0 bridgehead atoms. The van der Waals surface area contributed by atoms with E-state index in [0.717, 1.165) is 44.4 Å². The average molecular weight is 442 g/mol. The standard InChI is InChI=1S/C24H35N5OS/c1-16(2)26-23(30)21-15-28(13-19-12-17(3)31-18(19)4)14-20(21)22-8-9-25-24(27-22)29-10-6-5-7-11-29/h8-9,12,16,20-21H,5-7,10-11,13-15H2,1-4H3,(H,26,30)/t20-,21-/m1/s1. The zero-order valence-electron chi connectivity index (χ0n) is 19.2. The van der Waals surface area contributed by atoms with Gasteiger partial charge in [0, 0.05) is 60.6 Å². The molecular formula is C24H35N5OS. The van der Waals surface area contributed by atoms with E-state index in [9.17, 15) is 4.79 Å². The highest BCUT2D eigenvalue weighted by molar-refractivity contribution is 7.12. The number of rotatable bonds is 6. The summed E-state index contributed by atoms with van der Waals surface area (Å²) in [6, 6.07) is 4.44. The largest absolute Gasteiger partial charge is 0.354 e. The molecule has 0 spiro atoms. The molecule has 7 heteroatoms. The maximum atomic E-state index is 13.1. The number of hydrogen-bond acceptors (Lipinski definition) is 6. The van der Waals surface area contributed by atoms with Crippen molar-refractivity contribution in [2.45, 2.75) is 65.5 Å². The number of nitrogens with one attached hydrogen (secondary N) is 1. The van der Waals surface area contributed by atoms with Gasteiger partial charge in [-0.2, -0.15) is 0 Å². The van der Waals surface area contributed by atoms with Gasteiger partial charge < -0.3 is 10.2 Å².